The van der Waals surface area contributed by atoms with E-state index in [1.807, 2.05) is 12.1 Å². The molecule has 0 spiro atoms. The van der Waals surface area contributed by atoms with Crippen LogP contribution < -0.4 is 26.3 Å². The van der Waals surface area contributed by atoms with Gasteiger partial charge in [-0.05, 0) is 85.7 Å². The van der Waals surface area contributed by atoms with E-state index in [1.54, 1.807) is 0 Å². The summed E-state index contributed by atoms with van der Waals surface area (Å²) in [6.45, 7) is 2.27. The summed E-state index contributed by atoms with van der Waals surface area (Å²) in [4.78, 5) is 17.7. The fourth-order valence-corrected chi connectivity index (χ4v) is 10.0. The van der Waals surface area contributed by atoms with Gasteiger partial charge in [0.2, 0.25) is 0 Å². The first-order valence-electron chi connectivity index (χ1n) is 13.8. The molecule has 1 aliphatic rings. The molecule has 1 aromatic heterocycles. The van der Waals surface area contributed by atoms with Crippen LogP contribution in [-0.4, -0.2) is 11.1 Å². The zero-order valence-corrected chi connectivity index (χ0v) is 23.1. The number of hydrogen-bond donors (Lipinski definition) is 0. The molecule has 0 amide bonds. The van der Waals surface area contributed by atoms with Crippen LogP contribution in [0.4, 0.5) is 0 Å². The predicted octanol–water partition coefficient (Wildman–Crippen LogP) is 6.64. The lowest BCUT2D eigenvalue weighted by Crippen LogP contribution is -2.32. The maximum Gasteiger partial charge on any atom is 0.397 e. The third-order valence-corrected chi connectivity index (χ3v) is 12.3. The standard InChI is InChI=1S/C34H33NO3P/c1-25-17-20-27(21-18-25)37-34-35-32-22-19-26(23-31(32)33(36)38-34)24-39(28-11-5-2-6-12-28,29-13-7-3-8-14-29)30-15-9-4-10-16-30/h2-16,19,22-23,25,27H,17-18,20-21,24H2,1H3/q+1. The first kappa shape index (κ1) is 25.5. The Morgan fingerprint density at radius 3 is 1.85 bits per heavy atom. The minimum Gasteiger partial charge on any atom is -0.447 e. The zero-order valence-electron chi connectivity index (χ0n) is 22.2. The Bertz CT molecular complexity index is 1500. The van der Waals surface area contributed by atoms with Gasteiger partial charge in [-0.3, -0.25) is 0 Å². The van der Waals surface area contributed by atoms with E-state index in [0.717, 1.165) is 43.3 Å². The monoisotopic (exact) mass is 534 g/mol. The van der Waals surface area contributed by atoms with Crippen molar-refractivity contribution in [1.29, 1.82) is 0 Å². The van der Waals surface area contributed by atoms with Crippen LogP contribution in [0.3, 0.4) is 0 Å². The summed E-state index contributed by atoms with van der Waals surface area (Å²) >= 11 is 0. The van der Waals surface area contributed by atoms with Gasteiger partial charge in [0.15, 0.2) is 0 Å². The second-order valence-corrected chi connectivity index (χ2v) is 14.1. The summed E-state index contributed by atoms with van der Waals surface area (Å²) in [6, 6.07) is 38.3. The van der Waals surface area contributed by atoms with Gasteiger partial charge in [-0.25, -0.2) is 4.79 Å². The lowest BCUT2D eigenvalue weighted by molar-refractivity contribution is 0.0939. The molecule has 5 aromatic rings. The van der Waals surface area contributed by atoms with E-state index < -0.39 is 12.9 Å². The summed E-state index contributed by atoms with van der Waals surface area (Å²) in [7, 11) is -2.09. The molecule has 0 unspecified atom stereocenters. The Hall–Kier alpha value is -3.75. The van der Waals surface area contributed by atoms with E-state index in [9.17, 15) is 4.79 Å². The average molecular weight is 535 g/mol. The van der Waals surface area contributed by atoms with Gasteiger partial charge < -0.3 is 9.15 Å². The second-order valence-electron chi connectivity index (χ2n) is 10.6. The normalized spacial score (nSPS) is 17.7. The Balaban J connectivity index is 1.41. The quantitative estimate of drug-likeness (QED) is 0.220. The lowest BCUT2D eigenvalue weighted by atomic mass is 9.89. The van der Waals surface area contributed by atoms with Gasteiger partial charge in [-0.2, -0.15) is 4.98 Å². The summed E-state index contributed by atoms with van der Waals surface area (Å²) in [6.07, 6.45) is 5.10. The van der Waals surface area contributed by atoms with E-state index in [-0.39, 0.29) is 12.2 Å². The third kappa shape index (κ3) is 5.27. The molecule has 1 saturated carbocycles. The van der Waals surface area contributed by atoms with E-state index in [1.165, 1.54) is 15.9 Å². The number of fused-ring (bicyclic) bond motifs is 1. The van der Waals surface area contributed by atoms with Gasteiger partial charge in [-0.1, -0.05) is 67.6 Å². The van der Waals surface area contributed by atoms with Crippen molar-refractivity contribution in [3.63, 3.8) is 0 Å². The highest BCUT2D eigenvalue weighted by Gasteiger charge is 2.45. The highest BCUT2D eigenvalue weighted by Crippen LogP contribution is 2.58. The first-order valence-corrected chi connectivity index (χ1v) is 15.7. The molecule has 5 heteroatoms. The number of aromatic nitrogens is 1. The fraction of sp³-hybridized carbons (Fsp3) is 0.235. The van der Waals surface area contributed by atoms with Crippen LogP contribution in [0.25, 0.3) is 10.9 Å². The first-order chi connectivity index (χ1) is 19.1. The van der Waals surface area contributed by atoms with Gasteiger partial charge in [0, 0.05) is 0 Å². The summed E-state index contributed by atoms with van der Waals surface area (Å²) < 4.78 is 11.6. The van der Waals surface area contributed by atoms with Crippen LogP contribution in [0.5, 0.6) is 6.08 Å². The van der Waals surface area contributed by atoms with Crippen molar-refractivity contribution in [2.45, 2.75) is 44.9 Å². The fourth-order valence-electron chi connectivity index (χ4n) is 5.78. The van der Waals surface area contributed by atoms with E-state index in [4.69, 9.17) is 9.15 Å². The SMILES string of the molecule is CC1CCC(Oc2nc3ccc(C[P+](c4ccccc4)(c4ccccc4)c4ccccc4)cc3c(=O)o2)CC1. The highest BCUT2D eigenvalue weighted by molar-refractivity contribution is 7.95. The van der Waals surface area contributed by atoms with Crippen molar-refractivity contribution >= 4 is 34.1 Å². The third-order valence-electron chi connectivity index (χ3n) is 7.91. The molecular weight excluding hydrogens is 501 g/mol. The van der Waals surface area contributed by atoms with Crippen molar-refractivity contribution in [3.05, 3.63) is 125 Å². The van der Waals surface area contributed by atoms with Crippen LogP contribution in [0.15, 0.2) is 118 Å². The molecular formula is C34H33NO3P+. The summed E-state index contributed by atoms with van der Waals surface area (Å²) in [5.41, 5.74) is 1.29. The molecule has 0 atom stereocenters. The van der Waals surface area contributed by atoms with Gasteiger partial charge in [-0.15, -0.1) is 0 Å². The minimum atomic E-state index is -2.09. The zero-order chi connectivity index (χ0) is 26.7. The van der Waals surface area contributed by atoms with E-state index >= 15 is 0 Å². The van der Waals surface area contributed by atoms with E-state index in [0.29, 0.717) is 10.9 Å². The van der Waals surface area contributed by atoms with Crippen molar-refractivity contribution < 1.29 is 9.15 Å². The molecule has 0 N–H and O–H groups in total. The van der Waals surface area contributed by atoms with Gasteiger partial charge in [0.1, 0.15) is 29.3 Å². The number of benzene rings is 4. The number of ether oxygens (including phenoxy) is 1. The smallest absolute Gasteiger partial charge is 0.397 e. The molecule has 0 radical (unpaired) electrons. The molecule has 0 bridgehead atoms. The second kappa shape index (κ2) is 11.2. The lowest BCUT2D eigenvalue weighted by Gasteiger charge is -2.28. The van der Waals surface area contributed by atoms with Crippen molar-refractivity contribution in [2.24, 2.45) is 5.92 Å². The molecule has 0 aliphatic heterocycles. The van der Waals surface area contributed by atoms with Crippen LogP contribution in [-0.2, 0) is 6.16 Å². The largest absolute Gasteiger partial charge is 0.447 e. The topological polar surface area (TPSA) is 52.3 Å². The molecule has 1 fully saturated rings. The molecule has 196 valence electrons. The number of hydrogen-bond acceptors (Lipinski definition) is 4. The molecule has 6 rings (SSSR count). The maximum atomic E-state index is 13.1. The number of rotatable bonds is 7. The predicted molar refractivity (Wildman–Crippen MR) is 161 cm³/mol. The van der Waals surface area contributed by atoms with Gasteiger partial charge in [0.25, 0.3) is 0 Å². The number of nitrogens with zero attached hydrogens (tertiary/aromatic N) is 1. The van der Waals surface area contributed by atoms with E-state index in [2.05, 4.69) is 109 Å². The van der Waals surface area contributed by atoms with Gasteiger partial charge >= 0.3 is 11.7 Å². The van der Waals surface area contributed by atoms with Crippen LogP contribution >= 0.6 is 7.26 Å². The van der Waals surface area contributed by atoms with Crippen LogP contribution in [0, 0.1) is 5.92 Å². The minimum absolute atomic E-state index is 0.0570. The molecule has 39 heavy (non-hydrogen) atoms. The molecule has 4 aromatic carbocycles. The van der Waals surface area contributed by atoms with Crippen LogP contribution in [0.2, 0.25) is 0 Å². The molecule has 4 nitrogen and oxygen atoms in total. The van der Waals surface area contributed by atoms with Crippen molar-refractivity contribution in [2.75, 3.05) is 0 Å². The van der Waals surface area contributed by atoms with Crippen molar-refractivity contribution in [1.82, 2.24) is 4.98 Å². The summed E-state index contributed by atoms with van der Waals surface area (Å²) in [5, 5.41) is 4.40. The van der Waals surface area contributed by atoms with Crippen molar-refractivity contribution in [3.8, 4) is 6.08 Å². The van der Waals surface area contributed by atoms with Gasteiger partial charge in [0.05, 0.1) is 17.1 Å². The Labute approximate surface area is 230 Å². The molecule has 1 aliphatic carbocycles. The summed E-state index contributed by atoms with van der Waals surface area (Å²) in [5.74, 6) is 0.720. The average Bonchev–Trinajstić information content (AvgIpc) is 2.99. The molecule has 0 saturated heterocycles. The maximum absolute atomic E-state index is 13.1. The molecule has 1 heterocycles. The Morgan fingerprint density at radius 2 is 1.31 bits per heavy atom. The highest BCUT2D eigenvalue weighted by atomic mass is 31.2. The van der Waals surface area contributed by atoms with Crippen LogP contribution in [0.1, 0.15) is 38.2 Å². The Kier molecular flexibility index (Phi) is 7.30. The Morgan fingerprint density at radius 1 is 0.769 bits per heavy atom.